The van der Waals surface area contributed by atoms with Gasteiger partial charge in [0.25, 0.3) is 5.17 Å². The van der Waals surface area contributed by atoms with E-state index in [9.17, 15) is 0 Å². The normalized spacial score (nSPS) is 9.08. The summed E-state index contributed by atoms with van der Waals surface area (Å²) in [7, 11) is 0. The largest absolute Gasteiger partial charge is 0.487 e. The summed E-state index contributed by atoms with van der Waals surface area (Å²) in [5.74, 6) is 0. The quantitative estimate of drug-likeness (QED) is 0.434. The molecule has 3 N–H and O–H groups in total. The van der Waals surface area contributed by atoms with E-state index in [0.29, 0.717) is 0 Å². The van der Waals surface area contributed by atoms with Crippen LogP contribution in [0.25, 0.3) is 0 Å². The Hall–Kier alpha value is 0.209. The van der Waals surface area contributed by atoms with E-state index >= 15 is 0 Å². The second-order valence-corrected chi connectivity index (χ2v) is 4.33. The SMILES string of the molecule is CCC[CH2][Cu][CH2]CCC.NC(O)=S. The molecule has 0 spiro atoms. The molecule has 0 fully saturated rings. The van der Waals surface area contributed by atoms with Gasteiger partial charge in [-0.1, -0.05) is 0 Å². The molecule has 2 nitrogen and oxygen atoms in total. The minimum Gasteiger partial charge on any atom is -0.487 e. The number of aliphatic hydroxyl groups is 1. The molecule has 85 valence electrons. The maximum absolute atomic E-state index is 7.56. The molecule has 0 aliphatic rings. The number of aliphatic hydroxyl groups excluding tert-OH is 1. The molecule has 0 aliphatic carbocycles. The van der Waals surface area contributed by atoms with E-state index in [0.717, 1.165) is 0 Å². The molecular weight excluding hydrogens is 234 g/mol. The molecule has 0 heterocycles. The van der Waals surface area contributed by atoms with E-state index < -0.39 is 5.17 Å². The number of hydrogen-bond donors (Lipinski definition) is 2. The minimum absolute atomic E-state index is 0.500. The topological polar surface area (TPSA) is 46.2 Å². The van der Waals surface area contributed by atoms with Crippen molar-refractivity contribution in [1.29, 1.82) is 0 Å². The van der Waals surface area contributed by atoms with Crippen molar-refractivity contribution in [2.24, 2.45) is 5.73 Å². The van der Waals surface area contributed by atoms with Crippen LogP contribution in [0.3, 0.4) is 0 Å². The Kier molecular flexibility index (Phi) is 17.7. The number of unbranched alkanes of at least 4 members (excludes halogenated alkanes) is 2. The average molecular weight is 255 g/mol. The van der Waals surface area contributed by atoms with Crippen LogP contribution in [-0.2, 0) is 15.0 Å². The molecule has 0 unspecified atom stereocenters. The molecule has 0 saturated carbocycles. The third kappa shape index (κ3) is 33.0. The maximum Gasteiger partial charge on any atom is 0.251 e. The summed E-state index contributed by atoms with van der Waals surface area (Å²) in [6.07, 6.45) is 5.47. The van der Waals surface area contributed by atoms with E-state index in [-0.39, 0.29) is 0 Å². The second kappa shape index (κ2) is 14.7. The summed E-state index contributed by atoms with van der Waals surface area (Å²) >= 11 is 6.05. The first kappa shape index (κ1) is 15.7. The summed E-state index contributed by atoms with van der Waals surface area (Å²) in [6, 6.07) is 0. The van der Waals surface area contributed by atoms with E-state index in [1.165, 1.54) is 36.3 Å². The molecule has 0 radical (unpaired) electrons. The second-order valence-electron chi connectivity index (χ2n) is 2.50. The molecule has 0 bridgehead atoms. The van der Waals surface area contributed by atoms with Crippen LogP contribution in [0.15, 0.2) is 0 Å². The van der Waals surface area contributed by atoms with Gasteiger partial charge in [0.05, 0.1) is 0 Å². The van der Waals surface area contributed by atoms with Gasteiger partial charge in [0.1, 0.15) is 0 Å². The zero-order valence-electron chi connectivity index (χ0n) is 8.48. The number of rotatable bonds is 6. The third-order valence-corrected chi connectivity index (χ3v) is 2.47. The Morgan fingerprint density at radius 2 is 1.54 bits per heavy atom. The van der Waals surface area contributed by atoms with Crippen molar-refractivity contribution < 1.29 is 20.1 Å². The summed E-state index contributed by atoms with van der Waals surface area (Å²) in [5, 5.41) is 9.79. The molecule has 0 rings (SSSR count). The molecule has 0 aromatic carbocycles. The van der Waals surface area contributed by atoms with Gasteiger partial charge < -0.3 is 10.8 Å². The van der Waals surface area contributed by atoms with Crippen molar-refractivity contribution in [3.8, 4) is 0 Å². The van der Waals surface area contributed by atoms with E-state index in [1.807, 2.05) is 0 Å². The Labute approximate surface area is 93.4 Å². The van der Waals surface area contributed by atoms with Gasteiger partial charge in [0.2, 0.25) is 0 Å². The first-order chi connectivity index (χ1) is 6.15. The number of hydrogen-bond acceptors (Lipinski definition) is 1. The predicted octanol–water partition coefficient (Wildman–Crippen LogP) is 3.29. The Bertz CT molecular complexity index is 102. The van der Waals surface area contributed by atoms with Gasteiger partial charge >= 0.3 is 65.1 Å². The van der Waals surface area contributed by atoms with Crippen molar-refractivity contribution in [1.82, 2.24) is 0 Å². The van der Waals surface area contributed by atoms with Gasteiger partial charge in [-0.15, -0.1) is 0 Å². The van der Waals surface area contributed by atoms with Gasteiger partial charge in [-0.3, -0.25) is 0 Å². The van der Waals surface area contributed by atoms with Crippen molar-refractivity contribution in [3.05, 3.63) is 0 Å². The van der Waals surface area contributed by atoms with Crippen LogP contribution in [-0.4, -0.2) is 10.3 Å². The zero-order valence-corrected chi connectivity index (χ0v) is 10.2. The van der Waals surface area contributed by atoms with Crippen LogP contribution in [0, 0.1) is 0 Å². The molecule has 0 amide bonds. The third-order valence-electron chi connectivity index (χ3n) is 1.13. The van der Waals surface area contributed by atoms with Gasteiger partial charge in [-0.2, -0.15) is 0 Å². The minimum atomic E-state index is -0.500. The molecule has 0 saturated heterocycles. The summed E-state index contributed by atoms with van der Waals surface area (Å²) in [4.78, 5) is 0. The Balaban J connectivity index is 0. The summed E-state index contributed by atoms with van der Waals surface area (Å²) < 4.78 is 0. The van der Waals surface area contributed by atoms with Crippen molar-refractivity contribution in [2.75, 3.05) is 0 Å². The Morgan fingerprint density at radius 3 is 1.77 bits per heavy atom. The van der Waals surface area contributed by atoms with E-state index in [2.05, 4.69) is 46.8 Å². The predicted molar refractivity (Wildman–Crippen MR) is 58.8 cm³/mol. The Morgan fingerprint density at radius 1 is 1.23 bits per heavy atom. The van der Waals surface area contributed by atoms with Gasteiger partial charge in [-0.05, 0) is 12.2 Å². The van der Waals surface area contributed by atoms with Crippen LogP contribution in [0.2, 0.25) is 10.6 Å². The van der Waals surface area contributed by atoms with Crippen LogP contribution in [0.1, 0.15) is 39.5 Å². The van der Waals surface area contributed by atoms with Crippen LogP contribution in [0.5, 0.6) is 0 Å². The monoisotopic (exact) mass is 254 g/mol. The molecule has 0 atom stereocenters. The zero-order chi connectivity index (χ0) is 10.5. The van der Waals surface area contributed by atoms with Crippen molar-refractivity contribution in [2.45, 2.75) is 50.2 Å². The molecule has 0 aliphatic heterocycles. The van der Waals surface area contributed by atoms with Crippen LogP contribution < -0.4 is 5.73 Å². The summed E-state index contributed by atoms with van der Waals surface area (Å²) in [5.41, 5.74) is 4.40. The first-order valence-electron chi connectivity index (χ1n) is 4.56. The fourth-order valence-corrected chi connectivity index (χ4v) is 1.81. The molecule has 0 aromatic heterocycles. The summed E-state index contributed by atoms with van der Waals surface area (Å²) in [6.45, 7) is 4.50. The maximum atomic E-state index is 7.56. The van der Waals surface area contributed by atoms with E-state index in [4.69, 9.17) is 5.11 Å². The van der Waals surface area contributed by atoms with E-state index in [1.54, 1.807) is 0 Å². The van der Waals surface area contributed by atoms with Gasteiger partial charge in [0.15, 0.2) is 0 Å². The average Bonchev–Trinajstić information content (AvgIpc) is 2.03. The fraction of sp³-hybridized carbons (Fsp3) is 0.889. The number of thiocarbonyl (C=S) groups is 1. The first-order valence-corrected chi connectivity index (χ1v) is 6.30. The molecular formula is C9H21CuNOS. The van der Waals surface area contributed by atoms with Crippen molar-refractivity contribution >= 4 is 17.4 Å². The van der Waals surface area contributed by atoms with Crippen LogP contribution >= 0.6 is 12.2 Å². The molecule has 13 heavy (non-hydrogen) atoms. The fourth-order valence-electron chi connectivity index (χ4n) is 0.439. The van der Waals surface area contributed by atoms with Crippen LogP contribution in [0.4, 0.5) is 0 Å². The van der Waals surface area contributed by atoms with Gasteiger partial charge in [-0.25, -0.2) is 0 Å². The molecule has 4 heteroatoms. The standard InChI is InChI=1S/2C4H9.CH3NOS.Cu/c2*1-3-4-2;2-1(3)4;/h2*1,3-4H2,2H3;(H3,2,3,4);. The van der Waals surface area contributed by atoms with Gasteiger partial charge in [0, 0.05) is 0 Å². The molecule has 0 aromatic rings. The smallest absolute Gasteiger partial charge is 0.251 e. The number of nitrogens with two attached hydrogens (primary N) is 1. The van der Waals surface area contributed by atoms with Crippen molar-refractivity contribution in [3.63, 3.8) is 0 Å².